The number of thiazole rings is 1. The van der Waals surface area contributed by atoms with Gasteiger partial charge in [0, 0.05) is 23.1 Å². The number of carbonyl (C=O) groups excluding carboxylic acids is 2. The second-order valence-corrected chi connectivity index (χ2v) is 8.41. The number of nitrogens with zero attached hydrogens (tertiary/aromatic N) is 1. The average molecular weight is 439 g/mol. The molecule has 1 heterocycles. The van der Waals surface area contributed by atoms with Crippen LogP contribution in [0.2, 0.25) is 0 Å². The van der Waals surface area contributed by atoms with Crippen LogP contribution in [-0.2, 0) is 11.2 Å². The van der Waals surface area contributed by atoms with Crippen molar-refractivity contribution in [2.45, 2.75) is 33.1 Å². The standard InChI is InChI=1S/C24H26N2O4S/c1-4-29-22-12-18(14-27)7-10-21(22)30-15-23(28)26-24-25-13-20(31-24)11-17-5-8-19(9-6-17)16(2)3/h5-10,12-14,16H,4,11,15H2,1-3H3,(H,25,26,28). The Morgan fingerprint density at radius 2 is 1.90 bits per heavy atom. The first-order chi connectivity index (χ1) is 15.0. The molecule has 0 aliphatic carbocycles. The maximum absolute atomic E-state index is 12.3. The molecule has 1 N–H and O–H groups in total. The SMILES string of the molecule is CCOc1cc(C=O)ccc1OCC(=O)Nc1ncc(Cc2ccc(C(C)C)cc2)s1. The number of rotatable bonds is 10. The number of benzene rings is 2. The molecular weight excluding hydrogens is 412 g/mol. The van der Waals surface area contributed by atoms with Crippen LogP contribution in [-0.4, -0.2) is 30.4 Å². The van der Waals surface area contributed by atoms with Gasteiger partial charge in [-0.05, 0) is 42.2 Å². The van der Waals surface area contributed by atoms with E-state index in [-0.39, 0.29) is 12.5 Å². The molecule has 0 atom stereocenters. The van der Waals surface area contributed by atoms with Crippen molar-refractivity contribution in [3.8, 4) is 11.5 Å². The van der Waals surface area contributed by atoms with Crippen LogP contribution >= 0.6 is 11.3 Å². The molecule has 3 rings (SSSR count). The zero-order valence-electron chi connectivity index (χ0n) is 17.9. The van der Waals surface area contributed by atoms with E-state index >= 15 is 0 Å². The molecule has 0 aliphatic heterocycles. The number of amides is 1. The fourth-order valence-corrected chi connectivity index (χ4v) is 3.82. The van der Waals surface area contributed by atoms with Crippen molar-refractivity contribution in [3.63, 3.8) is 0 Å². The fraction of sp³-hybridized carbons (Fsp3) is 0.292. The normalized spacial score (nSPS) is 10.7. The van der Waals surface area contributed by atoms with Crippen molar-refractivity contribution in [1.82, 2.24) is 4.98 Å². The van der Waals surface area contributed by atoms with Gasteiger partial charge in [0.25, 0.3) is 5.91 Å². The molecule has 0 saturated heterocycles. The third kappa shape index (κ3) is 6.39. The lowest BCUT2D eigenvalue weighted by molar-refractivity contribution is -0.118. The summed E-state index contributed by atoms with van der Waals surface area (Å²) in [6, 6.07) is 13.4. The van der Waals surface area contributed by atoms with E-state index in [1.165, 1.54) is 22.5 Å². The van der Waals surface area contributed by atoms with E-state index in [2.05, 4.69) is 48.4 Å². The third-order valence-electron chi connectivity index (χ3n) is 4.59. The molecule has 0 fully saturated rings. The summed E-state index contributed by atoms with van der Waals surface area (Å²) in [5.74, 6) is 1.03. The van der Waals surface area contributed by atoms with Crippen LogP contribution in [0.5, 0.6) is 11.5 Å². The molecular formula is C24H26N2O4S. The first-order valence-electron chi connectivity index (χ1n) is 10.2. The molecule has 0 unspecified atom stereocenters. The number of hydrogen-bond acceptors (Lipinski definition) is 6. The van der Waals surface area contributed by atoms with Gasteiger partial charge in [0.2, 0.25) is 0 Å². The number of aldehydes is 1. The van der Waals surface area contributed by atoms with E-state index in [1.807, 2.05) is 6.92 Å². The summed E-state index contributed by atoms with van der Waals surface area (Å²) in [6.45, 7) is 6.42. The summed E-state index contributed by atoms with van der Waals surface area (Å²) >= 11 is 1.44. The number of nitrogens with one attached hydrogen (secondary N) is 1. The molecule has 0 radical (unpaired) electrons. The van der Waals surface area contributed by atoms with Crippen molar-refractivity contribution in [1.29, 1.82) is 0 Å². The molecule has 2 aromatic carbocycles. The molecule has 7 heteroatoms. The van der Waals surface area contributed by atoms with E-state index in [4.69, 9.17) is 9.47 Å². The van der Waals surface area contributed by atoms with Crippen LogP contribution in [0.3, 0.4) is 0 Å². The highest BCUT2D eigenvalue weighted by Gasteiger charge is 2.11. The predicted molar refractivity (Wildman–Crippen MR) is 123 cm³/mol. The van der Waals surface area contributed by atoms with Gasteiger partial charge in [-0.25, -0.2) is 4.98 Å². The zero-order valence-corrected chi connectivity index (χ0v) is 18.7. The molecule has 0 bridgehead atoms. The summed E-state index contributed by atoms with van der Waals surface area (Å²) < 4.78 is 11.1. The quantitative estimate of drug-likeness (QED) is 0.446. The molecule has 162 valence electrons. The minimum Gasteiger partial charge on any atom is -0.490 e. The molecule has 6 nitrogen and oxygen atoms in total. The lowest BCUT2D eigenvalue weighted by Crippen LogP contribution is -2.20. The second-order valence-electron chi connectivity index (χ2n) is 7.30. The number of carbonyl (C=O) groups is 2. The average Bonchev–Trinajstić information content (AvgIpc) is 3.19. The van der Waals surface area contributed by atoms with Gasteiger partial charge in [-0.2, -0.15) is 0 Å². The lowest BCUT2D eigenvalue weighted by atomic mass is 10.0. The number of ether oxygens (including phenoxy) is 2. The van der Waals surface area contributed by atoms with Crippen molar-refractivity contribution in [2.75, 3.05) is 18.5 Å². The topological polar surface area (TPSA) is 77.5 Å². The number of hydrogen-bond donors (Lipinski definition) is 1. The summed E-state index contributed by atoms with van der Waals surface area (Å²) in [4.78, 5) is 28.6. The van der Waals surface area contributed by atoms with Crippen molar-refractivity contribution in [2.24, 2.45) is 0 Å². The molecule has 0 aliphatic rings. The Labute approximate surface area is 186 Å². The van der Waals surface area contributed by atoms with E-state index in [0.717, 1.165) is 17.6 Å². The van der Waals surface area contributed by atoms with Crippen LogP contribution in [0.4, 0.5) is 5.13 Å². The van der Waals surface area contributed by atoms with Gasteiger partial charge < -0.3 is 9.47 Å². The summed E-state index contributed by atoms with van der Waals surface area (Å²) in [5, 5.41) is 3.29. The Kier molecular flexibility index (Phi) is 7.78. The van der Waals surface area contributed by atoms with E-state index in [1.54, 1.807) is 24.4 Å². The Balaban J connectivity index is 1.55. The zero-order chi connectivity index (χ0) is 22.2. The second kappa shape index (κ2) is 10.7. The van der Waals surface area contributed by atoms with Crippen LogP contribution in [0.25, 0.3) is 0 Å². The Morgan fingerprint density at radius 3 is 2.58 bits per heavy atom. The summed E-state index contributed by atoms with van der Waals surface area (Å²) in [7, 11) is 0. The van der Waals surface area contributed by atoms with Gasteiger partial charge in [0.1, 0.15) is 6.29 Å². The molecule has 1 aromatic heterocycles. The molecule has 31 heavy (non-hydrogen) atoms. The number of aromatic nitrogens is 1. The van der Waals surface area contributed by atoms with Crippen molar-refractivity contribution < 1.29 is 19.1 Å². The van der Waals surface area contributed by atoms with Crippen LogP contribution < -0.4 is 14.8 Å². The molecule has 1 amide bonds. The monoisotopic (exact) mass is 438 g/mol. The van der Waals surface area contributed by atoms with Crippen LogP contribution in [0.1, 0.15) is 53.1 Å². The lowest BCUT2D eigenvalue weighted by Gasteiger charge is -2.11. The first-order valence-corrected chi connectivity index (χ1v) is 11.0. The summed E-state index contributed by atoms with van der Waals surface area (Å²) in [5.41, 5.74) is 3.00. The Hall–Kier alpha value is -3.19. The predicted octanol–water partition coefficient (Wildman–Crippen LogP) is 5.09. The van der Waals surface area contributed by atoms with Crippen molar-refractivity contribution in [3.05, 3.63) is 70.2 Å². The largest absolute Gasteiger partial charge is 0.490 e. The maximum Gasteiger partial charge on any atom is 0.264 e. The van der Waals surface area contributed by atoms with Crippen LogP contribution in [0.15, 0.2) is 48.7 Å². The molecule has 0 spiro atoms. The van der Waals surface area contributed by atoms with E-state index < -0.39 is 0 Å². The van der Waals surface area contributed by atoms with Gasteiger partial charge in [-0.1, -0.05) is 38.1 Å². The van der Waals surface area contributed by atoms with E-state index in [9.17, 15) is 9.59 Å². The van der Waals surface area contributed by atoms with Gasteiger partial charge in [-0.15, -0.1) is 11.3 Å². The van der Waals surface area contributed by atoms with Gasteiger partial charge in [0.15, 0.2) is 23.2 Å². The minimum absolute atomic E-state index is 0.188. The highest BCUT2D eigenvalue weighted by molar-refractivity contribution is 7.15. The van der Waals surface area contributed by atoms with Gasteiger partial charge >= 0.3 is 0 Å². The third-order valence-corrected chi connectivity index (χ3v) is 5.50. The highest BCUT2D eigenvalue weighted by Crippen LogP contribution is 2.28. The van der Waals surface area contributed by atoms with Crippen LogP contribution in [0, 0.1) is 0 Å². The van der Waals surface area contributed by atoms with Crippen molar-refractivity contribution >= 4 is 28.7 Å². The Bertz CT molecular complexity index is 1030. The fourth-order valence-electron chi connectivity index (χ4n) is 2.95. The molecule has 3 aromatic rings. The Morgan fingerprint density at radius 1 is 1.13 bits per heavy atom. The van der Waals surface area contributed by atoms with E-state index in [0.29, 0.717) is 34.7 Å². The minimum atomic E-state index is -0.316. The maximum atomic E-state index is 12.3. The first kappa shape index (κ1) is 22.5. The smallest absolute Gasteiger partial charge is 0.264 e. The number of anilines is 1. The summed E-state index contributed by atoms with van der Waals surface area (Å²) in [6.07, 6.45) is 3.28. The molecule has 0 saturated carbocycles. The highest BCUT2D eigenvalue weighted by atomic mass is 32.1. The van der Waals surface area contributed by atoms with Gasteiger partial charge in [-0.3, -0.25) is 14.9 Å². The van der Waals surface area contributed by atoms with Gasteiger partial charge in [0.05, 0.1) is 6.61 Å².